The van der Waals surface area contributed by atoms with Crippen LogP contribution in [-0.4, -0.2) is 144 Å². The number of esters is 1. The molecule has 3 atom stereocenters. The maximum atomic E-state index is 15.1. The van der Waals surface area contributed by atoms with Crippen molar-refractivity contribution in [3.63, 3.8) is 0 Å². The van der Waals surface area contributed by atoms with Gasteiger partial charge in [-0.15, -0.1) is 0 Å². The van der Waals surface area contributed by atoms with E-state index in [1.54, 1.807) is 35.5 Å². The van der Waals surface area contributed by atoms with Crippen LogP contribution >= 0.6 is 0 Å². The molecule has 0 saturated heterocycles. The fourth-order valence-corrected chi connectivity index (χ4v) is 9.87. The molecule has 0 fully saturated rings. The van der Waals surface area contributed by atoms with E-state index < -0.39 is 35.5 Å². The van der Waals surface area contributed by atoms with Crippen LogP contribution in [0.2, 0.25) is 0 Å². The van der Waals surface area contributed by atoms with Crippen molar-refractivity contribution in [2.45, 2.75) is 104 Å². The summed E-state index contributed by atoms with van der Waals surface area (Å²) in [6.07, 6.45) is -0.319. The standard InChI is InChI=1S/C70H88N6O10/c1-55(61-31-19-10-20-32-61)74(66(79)49-71-40-46-83-52-58-25-13-7-14-26-58)41-37-64(77)72(44-47-84-53-59-27-15-8-16-28-59)50-67(80)75(56(2)62-33-21-11-22-34-62)42-38-65(78)73(45-48-85-54-60-29-17-9-18-30-60)51-68(81)76(43-39-69(82)86-70(4,5)6)57(3)63-35-23-12-24-36-63/h7-36,55-57,71H,37-54H2,1-6H3/t55-,56-,57-/m0/s1. The van der Waals surface area contributed by atoms with Crippen molar-refractivity contribution in [3.8, 4) is 0 Å². The minimum absolute atomic E-state index is 0.0199. The third kappa shape index (κ3) is 23.4. The lowest BCUT2D eigenvalue weighted by molar-refractivity contribution is -0.156. The topological polar surface area (TPSA) is 168 Å². The largest absolute Gasteiger partial charge is 0.460 e. The summed E-state index contributed by atoms with van der Waals surface area (Å²) in [5.74, 6) is -2.19. The molecule has 86 heavy (non-hydrogen) atoms. The van der Waals surface area contributed by atoms with E-state index in [4.69, 9.17) is 18.9 Å². The van der Waals surface area contributed by atoms with E-state index in [0.29, 0.717) is 26.4 Å². The van der Waals surface area contributed by atoms with Gasteiger partial charge in [-0.3, -0.25) is 28.8 Å². The molecule has 0 aromatic heterocycles. The molecule has 6 aromatic carbocycles. The molecule has 16 heteroatoms. The van der Waals surface area contributed by atoms with E-state index in [2.05, 4.69) is 5.32 Å². The molecule has 5 amide bonds. The number of nitrogens with zero attached hydrogens (tertiary/aromatic N) is 5. The van der Waals surface area contributed by atoms with Gasteiger partial charge in [0.25, 0.3) is 0 Å². The van der Waals surface area contributed by atoms with Crippen molar-refractivity contribution in [1.29, 1.82) is 0 Å². The zero-order chi connectivity index (χ0) is 61.5. The van der Waals surface area contributed by atoms with Crippen LogP contribution < -0.4 is 5.32 Å². The van der Waals surface area contributed by atoms with Gasteiger partial charge in [0.1, 0.15) is 5.60 Å². The van der Waals surface area contributed by atoms with Crippen LogP contribution in [0.3, 0.4) is 0 Å². The Labute approximate surface area is 509 Å². The first kappa shape index (κ1) is 67.1. The summed E-state index contributed by atoms with van der Waals surface area (Å²) in [5, 5.41) is 3.22. The summed E-state index contributed by atoms with van der Waals surface area (Å²) in [6.45, 7) is 12.7. The second-order valence-electron chi connectivity index (χ2n) is 22.3. The molecule has 0 aliphatic carbocycles. The molecule has 0 heterocycles. The number of nitrogens with one attached hydrogen (secondary N) is 1. The highest BCUT2D eigenvalue weighted by molar-refractivity contribution is 5.88. The molecule has 0 unspecified atom stereocenters. The van der Waals surface area contributed by atoms with Crippen LogP contribution in [0.1, 0.15) is 112 Å². The van der Waals surface area contributed by atoms with Gasteiger partial charge in [-0.05, 0) is 74.9 Å². The second kappa shape index (κ2) is 36.1. The number of hydrogen-bond acceptors (Lipinski definition) is 11. The lowest BCUT2D eigenvalue weighted by Crippen LogP contribution is -2.48. The highest BCUT2D eigenvalue weighted by Gasteiger charge is 2.31. The van der Waals surface area contributed by atoms with Crippen LogP contribution in [0, 0.1) is 0 Å². The SMILES string of the molecule is C[C@@H](c1ccccc1)N(CCC(=O)N(CCOCc1ccccc1)CC(=O)N(CCC(=O)N(CCOCc1ccccc1)CC(=O)N(CCC(=O)OC(C)(C)C)[C@@H](C)c1ccccc1)[C@@H](C)c1ccccc1)C(=O)CNCCOCc1ccccc1. The van der Waals surface area contributed by atoms with E-state index in [-0.39, 0.29) is 115 Å². The Hall–Kier alpha value is -8.02. The van der Waals surface area contributed by atoms with Gasteiger partial charge in [0.2, 0.25) is 29.5 Å². The molecule has 0 saturated carbocycles. The molecular formula is C70H88N6O10. The normalized spacial score (nSPS) is 12.3. The van der Waals surface area contributed by atoms with Gasteiger partial charge < -0.3 is 48.8 Å². The predicted octanol–water partition coefficient (Wildman–Crippen LogP) is 10.2. The Morgan fingerprint density at radius 3 is 1.06 bits per heavy atom. The summed E-state index contributed by atoms with van der Waals surface area (Å²) in [6, 6.07) is 56.4. The average Bonchev–Trinajstić information content (AvgIpc) is 3.72. The Morgan fingerprint density at radius 1 is 0.395 bits per heavy atom. The van der Waals surface area contributed by atoms with Crippen LogP contribution in [0.15, 0.2) is 182 Å². The first-order valence-corrected chi connectivity index (χ1v) is 29.9. The quantitative estimate of drug-likeness (QED) is 0.0294. The average molecular weight is 1170 g/mol. The van der Waals surface area contributed by atoms with Crippen LogP contribution in [-0.2, 0) is 67.5 Å². The molecule has 0 radical (unpaired) electrons. The van der Waals surface area contributed by atoms with E-state index in [9.17, 15) is 24.0 Å². The summed E-state index contributed by atoms with van der Waals surface area (Å²) in [4.78, 5) is 94.5. The molecule has 0 bridgehead atoms. The van der Waals surface area contributed by atoms with Crippen LogP contribution in [0.5, 0.6) is 0 Å². The first-order chi connectivity index (χ1) is 41.6. The molecule has 0 aliphatic heterocycles. The van der Waals surface area contributed by atoms with E-state index in [0.717, 1.165) is 33.4 Å². The third-order valence-corrected chi connectivity index (χ3v) is 14.7. The molecule has 6 rings (SSSR count). The zero-order valence-corrected chi connectivity index (χ0v) is 51.1. The molecule has 1 N–H and O–H groups in total. The molecule has 0 spiro atoms. The number of hydrogen-bond donors (Lipinski definition) is 1. The highest BCUT2D eigenvalue weighted by Crippen LogP contribution is 2.25. The number of amides is 5. The van der Waals surface area contributed by atoms with Gasteiger partial charge in [-0.2, -0.15) is 0 Å². The van der Waals surface area contributed by atoms with Gasteiger partial charge in [0.15, 0.2) is 0 Å². The number of rotatable bonds is 36. The first-order valence-electron chi connectivity index (χ1n) is 29.9. The minimum atomic E-state index is -0.721. The lowest BCUT2D eigenvalue weighted by Gasteiger charge is -2.34. The number of benzene rings is 6. The summed E-state index contributed by atoms with van der Waals surface area (Å²) < 4.78 is 23.7. The van der Waals surface area contributed by atoms with Crippen molar-refractivity contribution in [3.05, 3.63) is 215 Å². The Morgan fingerprint density at radius 2 is 0.709 bits per heavy atom. The van der Waals surface area contributed by atoms with Gasteiger partial charge in [-0.1, -0.05) is 182 Å². The Kier molecular flexibility index (Phi) is 28.2. The van der Waals surface area contributed by atoms with Crippen LogP contribution in [0.4, 0.5) is 0 Å². The monoisotopic (exact) mass is 1170 g/mol. The van der Waals surface area contributed by atoms with Gasteiger partial charge in [-0.25, -0.2) is 0 Å². The molecule has 0 aliphatic rings. The fourth-order valence-electron chi connectivity index (χ4n) is 9.87. The zero-order valence-electron chi connectivity index (χ0n) is 51.1. The molecule has 458 valence electrons. The molecular weight excluding hydrogens is 1080 g/mol. The lowest BCUT2D eigenvalue weighted by atomic mass is 10.1. The Balaban J connectivity index is 1.21. The van der Waals surface area contributed by atoms with Gasteiger partial charge >= 0.3 is 5.97 Å². The highest BCUT2D eigenvalue weighted by atomic mass is 16.6. The number of ether oxygens (including phenoxy) is 4. The maximum absolute atomic E-state index is 15.1. The van der Waals surface area contributed by atoms with Crippen LogP contribution in [0.25, 0.3) is 0 Å². The Bertz CT molecular complexity index is 2950. The van der Waals surface area contributed by atoms with Crippen molar-refractivity contribution >= 4 is 35.5 Å². The summed E-state index contributed by atoms with van der Waals surface area (Å²) in [5.41, 5.74) is 4.80. The number of carbonyl (C=O) groups is 6. The van der Waals surface area contributed by atoms with Crippen molar-refractivity contribution in [2.24, 2.45) is 0 Å². The van der Waals surface area contributed by atoms with Gasteiger partial charge in [0, 0.05) is 52.1 Å². The third-order valence-electron chi connectivity index (χ3n) is 14.7. The second-order valence-corrected chi connectivity index (χ2v) is 22.3. The number of carbonyl (C=O) groups excluding carboxylic acids is 6. The smallest absolute Gasteiger partial charge is 0.308 e. The predicted molar refractivity (Wildman–Crippen MR) is 334 cm³/mol. The van der Waals surface area contributed by atoms with E-state index >= 15 is 4.79 Å². The maximum Gasteiger partial charge on any atom is 0.308 e. The van der Waals surface area contributed by atoms with Gasteiger partial charge in [0.05, 0.1) is 83.8 Å². The summed E-state index contributed by atoms with van der Waals surface area (Å²) in [7, 11) is 0. The van der Waals surface area contributed by atoms with E-state index in [1.165, 1.54) is 9.80 Å². The van der Waals surface area contributed by atoms with E-state index in [1.807, 2.05) is 203 Å². The minimum Gasteiger partial charge on any atom is -0.460 e. The van der Waals surface area contributed by atoms with Crippen molar-refractivity contribution in [1.82, 2.24) is 29.8 Å². The molecule has 16 nitrogen and oxygen atoms in total. The summed E-state index contributed by atoms with van der Waals surface area (Å²) >= 11 is 0. The molecule has 6 aromatic rings. The van der Waals surface area contributed by atoms with Crippen molar-refractivity contribution in [2.75, 3.05) is 78.7 Å². The fraction of sp³-hybridized carbons (Fsp3) is 0.400. The van der Waals surface area contributed by atoms with Crippen molar-refractivity contribution < 1.29 is 47.7 Å².